The molecule has 0 N–H and O–H groups in total. The molecule has 3 aromatic carbocycles. The summed E-state index contributed by atoms with van der Waals surface area (Å²) in [6, 6.07) is 15.9. The molecule has 108 valence electrons. The lowest BCUT2D eigenvalue weighted by molar-refractivity contribution is 0.663. The summed E-state index contributed by atoms with van der Waals surface area (Å²) in [5.74, 6) is 0. The van der Waals surface area contributed by atoms with Gasteiger partial charge in [0.2, 0.25) is 5.43 Å². The fourth-order valence-electron chi connectivity index (χ4n) is 3.22. The molecule has 0 fully saturated rings. The predicted molar refractivity (Wildman–Crippen MR) is 91.6 cm³/mol. The molecule has 2 heteroatoms. The van der Waals surface area contributed by atoms with Crippen molar-refractivity contribution >= 4 is 32.7 Å². The van der Waals surface area contributed by atoms with Crippen LogP contribution in [-0.2, 0) is 6.42 Å². The Labute approximate surface area is 128 Å². The highest BCUT2D eigenvalue weighted by Gasteiger charge is 2.13. The molecule has 22 heavy (non-hydrogen) atoms. The van der Waals surface area contributed by atoms with Crippen LogP contribution >= 0.6 is 0 Å². The Morgan fingerprint density at radius 2 is 1.82 bits per heavy atom. The van der Waals surface area contributed by atoms with Crippen LogP contribution in [0.2, 0.25) is 0 Å². The molecule has 0 bridgehead atoms. The van der Waals surface area contributed by atoms with Crippen molar-refractivity contribution in [1.29, 1.82) is 0 Å². The van der Waals surface area contributed by atoms with E-state index >= 15 is 0 Å². The van der Waals surface area contributed by atoms with Gasteiger partial charge in [0.05, 0.1) is 10.8 Å². The average Bonchev–Trinajstić information content (AvgIpc) is 2.53. The Bertz CT molecular complexity index is 1090. The minimum Gasteiger partial charge on any atom is -0.455 e. The summed E-state index contributed by atoms with van der Waals surface area (Å²) in [4.78, 5) is 13.0. The van der Waals surface area contributed by atoms with Crippen LogP contribution in [0.25, 0.3) is 32.7 Å². The zero-order chi connectivity index (χ0) is 15.3. The van der Waals surface area contributed by atoms with Gasteiger partial charge in [0.15, 0.2) is 0 Å². The summed E-state index contributed by atoms with van der Waals surface area (Å²) in [6.45, 7) is 4.10. The first-order valence-corrected chi connectivity index (χ1v) is 7.57. The van der Waals surface area contributed by atoms with E-state index in [0.29, 0.717) is 16.6 Å². The third-order valence-corrected chi connectivity index (χ3v) is 4.27. The fourth-order valence-corrected chi connectivity index (χ4v) is 3.22. The zero-order valence-electron chi connectivity index (χ0n) is 12.6. The molecule has 0 saturated carbocycles. The minimum atomic E-state index is 0.0684. The van der Waals surface area contributed by atoms with Crippen LogP contribution < -0.4 is 5.43 Å². The molecule has 4 aromatic rings. The van der Waals surface area contributed by atoms with Crippen LogP contribution in [0.1, 0.15) is 18.1 Å². The van der Waals surface area contributed by atoms with Crippen molar-refractivity contribution < 1.29 is 4.42 Å². The molecule has 2 nitrogen and oxygen atoms in total. The summed E-state index contributed by atoms with van der Waals surface area (Å²) in [5, 5.41) is 3.44. The highest BCUT2D eigenvalue weighted by Crippen LogP contribution is 2.28. The minimum absolute atomic E-state index is 0.0684. The number of benzene rings is 3. The molecule has 4 rings (SSSR count). The molecule has 0 radical (unpaired) electrons. The summed E-state index contributed by atoms with van der Waals surface area (Å²) in [6.07, 6.45) is 0.821. The average molecular weight is 288 g/mol. The molecular formula is C20H16O2. The van der Waals surface area contributed by atoms with Gasteiger partial charge in [0.25, 0.3) is 0 Å². The van der Waals surface area contributed by atoms with Gasteiger partial charge in [-0.25, -0.2) is 0 Å². The lowest BCUT2D eigenvalue weighted by Crippen LogP contribution is -2.05. The molecular weight excluding hydrogens is 272 g/mol. The van der Waals surface area contributed by atoms with Crippen LogP contribution in [-0.4, -0.2) is 0 Å². The van der Waals surface area contributed by atoms with Gasteiger partial charge in [-0.1, -0.05) is 43.3 Å². The third-order valence-electron chi connectivity index (χ3n) is 4.27. The molecule has 0 atom stereocenters. The molecule has 0 saturated heterocycles. The first-order valence-electron chi connectivity index (χ1n) is 7.57. The second-order valence-corrected chi connectivity index (χ2v) is 5.75. The SMILES string of the molecule is CCc1cc(C)cc2oc3c(ccc4ccccc43)c(=O)c12. The lowest BCUT2D eigenvalue weighted by Gasteiger charge is -2.08. The van der Waals surface area contributed by atoms with Gasteiger partial charge in [-0.05, 0) is 42.0 Å². The van der Waals surface area contributed by atoms with E-state index in [1.807, 2.05) is 49.4 Å². The Morgan fingerprint density at radius 1 is 1.00 bits per heavy atom. The first kappa shape index (κ1) is 13.1. The van der Waals surface area contributed by atoms with Gasteiger partial charge in [-0.3, -0.25) is 4.79 Å². The van der Waals surface area contributed by atoms with Crippen LogP contribution in [0.5, 0.6) is 0 Å². The van der Waals surface area contributed by atoms with Gasteiger partial charge >= 0.3 is 0 Å². The van der Waals surface area contributed by atoms with E-state index in [2.05, 4.69) is 13.0 Å². The van der Waals surface area contributed by atoms with Crippen molar-refractivity contribution in [3.63, 3.8) is 0 Å². The standard InChI is InChI=1S/C20H16O2/c1-3-13-10-12(2)11-17-18(13)19(21)16-9-8-14-6-4-5-7-15(14)20(16)22-17/h4-11H,3H2,1-2H3. The van der Waals surface area contributed by atoms with Gasteiger partial charge in [0.1, 0.15) is 11.2 Å². The van der Waals surface area contributed by atoms with Crippen molar-refractivity contribution in [3.05, 3.63) is 69.9 Å². The van der Waals surface area contributed by atoms with Crippen molar-refractivity contribution in [3.8, 4) is 0 Å². The molecule has 0 amide bonds. The Balaban J connectivity index is 2.30. The van der Waals surface area contributed by atoms with Crippen LogP contribution in [0.3, 0.4) is 0 Å². The highest BCUT2D eigenvalue weighted by molar-refractivity contribution is 6.06. The largest absolute Gasteiger partial charge is 0.455 e. The predicted octanol–water partition coefficient (Wildman–Crippen LogP) is 4.97. The van der Waals surface area contributed by atoms with E-state index in [1.165, 1.54) is 0 Å². The molecule has 1 heterocycles. The number of aryl methyl sites for hydroxylation is 2. The topological polar surface area (TPSA) is 30.2 Å². The van der Waals surface area contributed by atoms with E-state index < -0.39 is 0 Å². The Morgan fingerprint density at radius 3 is 2.64 bits per heavy atom. The van der Waals surface area contributed by atoms with E-state index in [9.17, 15) is 4.79 Å². The quantitative estimate of drug-likeness (QED) is 0.365. The maximum absolute atomic E-state index is 13.0. The number of fused-ring (bicyclic) bond motifs is 4. The highest BCUT2D eigenvalue weighted by atomic mass is 16.3. The Kier molecular flexibility index (Phi) is 2.80. The number of hydrogen-bond donors (Lipinski definition) is 0. The van der Waals surface area contributed by atoms with Gasteiger partial charge < -0.3 is 4.42 Å². The maximum atomic E-state index is 13.0. The van der Waals surface area contributed by atoms with Crippen LogP contribution in [0.15, 0.2) is 57.7 Å². The summed E-state index contributed by atoms with van der Waals surface area (Å²) < 4.78 is 6.16. The first-order chi connectivity index (χ1) is 10.7. The summed E-state index contributed by atoms with van der Waals surface area (Å²) >= 11 is 0. The van der Waals surface area contributed by atoms with Crippen LogP contribution in [0, 0.1) is 6.92 Å². The molecule has 0 aliphatic heterocycles. The van der Waals surface area contributed by atoms with Gasteiger partial charge in [-0.2, -0.15) is 0 Å². The molecule has 0 unspecified atom stereocenters. The monoisotopic (exact) mass is 288 g/mol. The normalized spacial score (nSPS) is 11.5. The third kappa shape index (κ3) is 1.77. The van der Waals surface area contributed by atoms with Crippen molar-refractivity contribution in [2.24, 2.45) is 0 Å². The molecule has 0 spiro atoms. The van der Waals surface area contributed by atoms with Crippen molar-refractivity contribution in [2.45, 2.75) is 20.3 Å². The maximum Gasteiger partial charge on any atom is 0.200 e. The Hall–Kier alpha value is -2.61. The van der Waals surface area contributed by atoms with E-state index in [-0.39, 0.29) is 5.43 Å². The fraction of sp³-hybridized carbons (Fsp3) is 0.150. The number of hydrogen-bond acceptors (Lipinski definition) is 2. The lowest BCUT2D eigenvalue weighted by atomic mass is 10.0. The van der Waals surface area contributed by atoms with E-state index in [4.69, 9.17) is 4.42 Å². The van der Waals surface area contributed by atoms with Crippen molar-refractivity contribution in [2.75, 3.05) is 0 Å². The molecule has 0 aliphatic carbocycles. The van der Waals surface area contributed by atoms with Gasteiger partial charge in [0, 0.05) is 5.39 Å². The summed E-state index contributed by atoms with van der Waals surface area (Å²) in [5.41, 5.74) is 3.61. The summed E-state index contributed by atoms with van der Waals surface area (Å²) in [7, 11) is 0. The van der Waals surface area contributed by atoms with Crippen molar-refractivity contribution in [1.82, 2.24) is 0 Å². The molecule has 1 aromatic heterocycles. The number of rotatable bonds is 1. The van der Waals surface area contributed by atoms with E-state index in [1.54, 1.807) is 0 Å². The van der Waals surface area contributed by atoms with E-state index in [0.717, 1.165) is 33.7 Å². The van der Waals surface area contributed by atoms with Gasteiger partial charge in [-0.15, -0.1) is 0 Å². The van der Waals surface area contributed by atoms with Crippen LogP contribution in [0.4, 0.5) is 0 Å². The zero-order valence-corrected chi connectivity index (χ0v) is 12.6. The smallest absolute Gasteiger partial charge is 0.200 e. The second kappa shape index (κ2) is 4.70. The molecule has 0 aliphatic rings. The second-order valence-electron chi connectivity index (χ2n) is 5.75.